The summed E-state index contributed by atoms with van der Waals surface area (Å²) in [4.78, 5) is 35.4. The van der Waals surface area contributed by atoms with Crippen molar-refractivity contribution in [2.75, 3.05) is 39.3 Å². The first-order chi connectivity index (χ1) is 17.3. The normalized spacial score (nSPS) is 17.2. The van der Waals surface area contributed by atoms with E-state index in [0.717, 1.165) is 30.8 Å². The maximum atomic E-state index is 12.9. The fourth-order valence-electron chi connectivity index (χ4n) is 4.66. The molecule has 2 amide bonds. The molecule has 2 fully saturated rings. The van der Waals surface area contributed by atoms with Crippen LogP contribution >= 0.6 is 11.3 Å². The molecule has 2 saturated heterocycles. The quantitative estimate of drug-likeness (QED) is 0.516. The minimum atomic E-state index is -4.37. The highest BCUT2D eigenvalue weighted by molar-refractivity contribution is 7.07. The molecule has 0 aliphatic carbocycles. The zero-order chi connectivity index (χ0) is 25.3. The van der Waals surface area contributed by atoms with Gasteiger partial charge in [0.1, 0.15) is 5.69 Å². The molecule has 10 heteroatoms. The molecule has 6 nitrogen and oxygen atoms in total. The number of aromatic nitrogens is 1. The molecule has 0 radical (unpaired) electrons. The third-order valence-electron chi connectivity index (χ3n) is 6.78. The van der Waals surface area contributed by atoms with Crippen LogP contribution in [0.2, 0.25) is 0 Å². The Labute approximate surface area is 211 Å². The smallest absolute Gasteiger partial charge is 0.335 e. The lowest BCUT2D eigenvalue weighted by Gasteiger charge is -2.48. The molecule has 0 unspecified atom stereocenters. The van der Waals surface area contributed by atoms with Crippen molar-refractivity contribution in [1.29, 1.82) is 0 Å². The Balaban J connectivity index is 1.10. The Morgan fingerprint density at radius 2 is 1.64 bits per heavy atom. The van der Waals surface area contributed by atoms with Crippen LogP contribution in [0.25, 0.3) is 0 Å². The van der Waals surface area contributed by atoms with Crippen molar-refractivity contribution in [3.63, 3.8) is 0 Å². The van der Waals surface area contributed by atoms with E-state index in [1.807, 2.05) is 4.90 Å². The summed E-state index contributed by atoms with van der Waals surface area (Å²) in [7, 11) is 0. The molecule has 0 atom stereocenters. The van der Waals surface area contributed by atoms with Gasteiger partial charge in [-0.3, -0.25) is 14.5 Å². The molecule has 0 bridgehead atoms. The summed E-state index contributed by atoms with van der Waals surface area (Å²) in [6.45, 7) is 4.12. The molecule has 188 valence electrons. The third kappa shape index (κ3) is 5.29. The number of likely N-dealkylation sites (tertiary alicyclic amines) is 1. The van der Waals surface area contributed by atoms with Crippen LogP contribution < -0.4 is 0 Å². The number of alkyl halides is 3. The van der Waals surface area contributed by atoms with Gasteiger partial charge in [-0.05, 0) is 35.7 Å². The zero-order valence-electron chi connectivity index (χ0n) is 19.4. The van der Waals surface area contributed by atoms with Gasteiger partial charge >= 0.3 is 6.18 Å². The highest BCUT2D eigenvalue weighted by atomic mass is 32.1. The molecular weight excluding hydrogens is 489 g/mol. The summed E-state index contributed by atoms with van der Waals surface area (Å²) in [5, 5.41) is 1.77. The van der Waals surface area contributed by atoms with Crippen molar-refractivity contribution in [3.05, 3.63) is 87.4 Å². The standard InChI is InChI=1S/C26H25F3N4O2S/c27-26(28,29)21-3-1-2-19(13-21)12-18-4-6-20(7-5-18)24(34)33-14-22(15-33)31-8-10-32(11-9-31)25(35)23-16-36-17-30-23/h1-7,13,16-17,22H,8-12,14-15H2. The Morgan fingerprint density at radius 3 is 2.28 bits per heavy atom. The van der Waals surface area contributed by atoms with E-state index in [1.54, 1.807) is 46.1 Å². The van der Waals surface area contributed by atoms with Gasteiger partial charge in [0.25, 0.3) is 11.8 Å². The van der Waals surface area contributed by atoms with E-state index >= 15 is 0 Å². The van der Waals surface area contributed by atoms with Gasteiger partial charge in [-0.2, -0.15) is 13.2 Å². The Morgan fingerprint density at radius 1 is 0.917 bits per heavy atom. The number of rotatable bonds is 5. The van der Waals surface area contributed by atoms with Crippen LogP contribution in [0.15, 0.2) is 59.4 Å². The van der Waals surface area contributed by atoms with Crippen molar-refractivity contribution in [3.8, 4) is 0 Å². The average molecular weight is 515 g/mol. The summed E-state index contributed by atoms with van der Waals surface area (Å²) in [5.41, 5.74) is 3.48. The van der Waals surface area contributed by atoms with Crippen molar-refractivity contribution in [1.82, 2.24) is 19.7 Å². The zero-order valence-corrected chi connectivity index (χ0v) is 20.3. The summed E-state index contributed by atoms with van der Waals surface area (Å²) in [5.74, 6) is -0.0768. The van der Waals surface area contributed by atoms with E-state index in [4.69, 9.17) is 0 Å². The first kappa shape index (κ1) is 24.5. The van der Waals surface area contributed by atoms with Gasteiger partial charge in [0.15, 0.2) is 0 Å². The first-order valence-corrected chi connectivity index (χ1v) is 12.7. The largest absolute Gasteiger partial charge is 0.416 e. The minimum Gasteiger partial charge on any atom is -0.335 e. The number of benzene rings is 2. The van der Waals surface area contributed by atoms with E-state index in [-0.39, 0.29) is 17.9 Å². The Hall–Kier alpha value is -3.24. The van der Waals surface area contributed by atoms with E-state index in [9.17, 15) is 22.8 Å². The second-order valence-electron chi connectivity index (χ2n) is 9.14. The number of nitrogens with zero attached hydrogens (tertiary/aromatic N) is 4. The van der Waals surface area contributed by atoms with Gasteiger partial charge < -0.3 is 9.80 Å². The molecule has 2 aromatic carbocycles. The molecule has 0 spiro atoms. The first-order valence-electron chi connectivity index (χ1n) is 11.7. The second kappa shape index (κ2) is 10.0. The van der Waals surface area contributed by atoms with Gasteiger partial charge in [0.2, 0.25) is 0 Å². The number of hydrogen-bond acceptors (Lipinski definition) is 5. The van der Waals surface area contributed by atoms with Crippen LogP contribution in [0.1, 0.15) is 37.5 Å². The van der Waals surface area contributed by atoms with Gasteiger partial charge in [-0.1, -0.05) is 30.3 Å². The minimum absolute atomic E-state index is 0.0298. The van der Waals surface area contributed by atoms with Gasteiger partial charge in [0, 0.05) is 56.3 Å². The fourth-order valence-corrected chi connectivity index (χ4v) is 5.19. The summed E-state index contributed by atoms with van der Waals surface area (Å²) in [6, 6.07) is 12.7. The van der Waals surface area contributed by atoms with Crippen molar-refractivity contribution in [2.45, 2.75) is 18.6 Å². The van der Waals surface area contributed by atoms with Gasteiger partial charge in [0.05, 0.1) is 11.1 Å². The topological polar surface area (TPSA) is 56.8 Å². The number of carbonyl (C=O) groups excluding carboxylic acids is 2. The van der Waals surface area contributed by atoms with Crippen molar-refractivity contribution >= 4 is 23.2 Å². The van der Waals surface area contributed by atoms with E-state index in [1.165, 1.54) is 17.4 Å². The number of hydrogen-bond donors (Lipinski definition) is 0. The lowest BCUT2D eigenvalue weighted by atomic mass is 10.00. The molecule has 2 aliphatic rings. The lowest BCUT2D eigenvalue weighted by Crippen LogP contribution is -2.64. The van der Waals surface area contributed by atoms with E-state index in [0.29, 0.717) is 49.4 Å². The number of carbonyl (C=O) groups is 2. The Kier molecular flexibility index (Phi) is 6.81. The molecular formula is C26H25F3N4O2S. The predicted molar refractivity (Wildman–Crippen MR) is 130 cm³/mol. The number of halogens is 3. The number of amides is 2. The van der Waals surface area contributed by atoms with Crippen LogP contribution in [0, 0.1) is 0 Å². The number of thiazole rings is 1. The van der Waals surface area contributed by atoms with E-state index in [2.05, 4.69) is 9.88 Å². The molecule has 5 rings (SSSR count). The molecule has 3 heterocycles. The third-order valence-corrected chi connectivity index (χ3v) is 7.37. The van der Waals surface area contributed by atoms with Crippen LogP contribution in [-0.2, 0) is 12.6 Å². The van der Waals surface area contributed by atoms with E-state index < -0.39 is 11.7 Å². The highest BCUT2D eigenvalue weighted by Gasteiger charge is 2.37. The molecule has 3 aromatic rings. The van der Waals surface area contributed by atoms with Crippen molar-refractivity contribution in [2.24, 2.45) is 0 Å². The van der Waals surface area contributed by atoms with Crippen LogP contribution in [0.5, 0.6) is 0 Å². The summed E-state index contributed by atoms with van der Waals surface area (Å²) < 4.78 is 38.8. The highest BCUT2D eigenvalue weighted by Crippen LogP contribution is 2.30. The second-order valence-corrected chi connectivity index (χ2v) is 9.86. The monoisotopic (exact) mass is 514 g/mol. The molecule has 0 N–H and O–H groups in total. The Bertz CT molecular complexity index is 1220. The van der Waals surface area contributed by atoms with Crippen LogP contribution in [-0.4, -0.2) is 76.8 Å². The van der Waals surface area contributed by atoms with Crippen LogP contribution in [0.4, 0.5) is 13.2 Å². The fraction of sp³-hybridized carbons (Fsp3) is 0.346. The maximum absolute atomic E-state index is 12.9. The SMILES string of the molecule is O=C(c1ccc(Cc2cccc(C(F)(F)F)c2)cc1)N1CC(N2CCN(C(=O)c3cscn3)CC2)C1. The maximum Gasteiger partial charge on any atom is 0.416 e. The predicted octanol–water partition coefficient (Wildman–Crippen LogP) is 4.04. The molecule has 2 aliphatic heterocycles. The molecule has 0 saturated carbocycles. The van der Waals surface area contributed by atoms with Gasteiger partial charge in [-0.15, -0.1) is 11.3 Å². The lowest BCUT2D eigenvalue weighted by molar-refractivity contribution is -0.137. The molecule has 36 heavy (non-hydrogen) atoms. The average Bonchev–Trinajstić information content (AvgIpc) is 3.38. The summed E-state index contributed by atoms with van der Waals surface area (Å²) in [6.07, 6.45) is -4.00. The van der Waals surface area contributed by atoms with Crippen LogP contribution in [0.3, 0.4) is 0 Å². The van der Waals surface area contributed by atoms with Gasteiger partial charge in [-0.25, -0.2) is 4.98 Å². The number of piperazine rings is 1. The van der Waals surface area contributed by atoms with Crippen molar-refractivity contribution < 1.29 is 22.8 Å². The molecule has 1 aromatic heterocycles. The summed E-state index contributed by atoms with van der Waals surface area (Å²) >= 11 is 1.41.